The first-order valence-corrected chi connectivity index (χ1v) is 12.4. The molecule has 5 rings (SSSR count). The van der Waals surface area contributed by atoms with E-state index in [2.05, 4.69) is 30.9 Å². The van der Waals surface area contributed by atoms with Crippen molar-refractivity contribution in [1.29, 1.82) is 0 Å². The average molecular weight is 574 g/mol. The normalized spacial score (nSPS) is 14.8. The predicted molar refractivity (Wildman–Crippen MR) is 135 cm³/mol. The third-order valence-corrected chi connectivity index (χ3v) is 6.89. The number of carbonyl (C=O) groups excluding carboxylic acids is 1. The average Bonchev–Trinajstić information content (AvgIpc) is 3.33. The molecule has 1 fully saturated rings. The van der Waals surface area contributed by atoms with Gasteiger partial charge in [-0.1, -0.05) is 28.1 Å². The number of benzene rings is 2. The number of hydrogen-bond acceptors (Lipinski definition) is 5. The lowest BCUT2D eigenvalue weighted by Gasteiger charge is -2.34. The van der Waals surface area contributed by atoms with Gasteiger partial charge in [0.05, 0.1) is 19.0 Å². The van der Waals surface area contributed by atoms with Gasteiger partial charge in [-0.05, 0) is 48.0 Å². The number of amides is 1. The van der Waals surface area contributed by atoms with Crippen LogP contribution in [0.15, 0.2) is 65.3 Å². The second-order valence-corrected chi connectivity index (χ2v) is 9.66. The molecule has 2 aromatic carbocycles. The van der Waals surface area contributed by atoms with Gasteiger partial charge in [-0.15, -0.1) is 0 Å². The lowest BCUT2D eigenvalue weighted by molar-refractivity contribution is -0.142. The largest absolute Gasteiger partial charge is 0.497 e. The molecule has 1 amide bonds. The molecule has 37 heavy (non-hydrogen) atoms. The second kappa shape index (κ2) is 10.1. The van der Waals surface area contributed by atoms with E-state index in [1.165, 1.54) is 18.9 Å². The van der Waals surface area contributed by atoms with Crippen LogP contribution in [0.3, 0.4) is 0 Å². The number of halogens is 4. The summed E-state index contributed by atoms with van der Waals surface area (Å²) in [6, 6.07) is 15.5. The molecule has 3 heterocycles. The van der Waals surface area contributed by atoms with Crippen LogP contribution in [0.5, 0.6) is 5.75 Å². The zero-order valence-corrected chi connectivity index (χ0v) is 21.5. The highest BCUT2D eigenvalue weighted by atomic mass is 79.9. The van der Waals surface area contributed by atoms with Gasteiger partial charge in [-0.25, -0.2) is 9.50 Å². The van der Waals surface area contributed by atoms with Gasteiger partial charge in [-0.2, -0.15) is 18.3 Å². The SMILES string of the molecule is COc1ccc(-c2cc(C(F)(F)F)n3ncc(C(=O)N4CCN(Cc5ccc(Br)cc5)CC4)c3n2)cc1. The Morgan fingerprint density at radius 1 is 1.03 bits per heavy atom. The quantitative estimate of drug-likeness (QED) is 0.330. The molecule has 0 unspecified atom stereocenters. The molecule has 0 bridgehead atoms. The van der Waals surface area contributed by atoms with E-state index < -0.39 is 11.9 Å². The molecular weight excluding hydrogens is 551 g/mol. The van der Waals surface area contributed by atoms with Crippen molar-refractivity contribution in [2.45, 2.75) is 12.7 Å². The van der Waals surface area contributed by atoms with E-state index in [0.29, 0.717) is 42.0 Å². The smallest absolute Gasteiger partial charge is 0.433 e. The number of aromatic nitrogens is 3. The number of carbonyl (C=O) groups is 1. The maximum Gasteiger partial charge on any atom is 0.433 e. The molecule has 0 spiro atoms. The highest BCUT2D eigenvalue weighted by Gasteiger charge is 2.36. The van der Waals surface area contributed by atoms with Gasteiger partial charge in [0, 0.05) is 42.8 Å². The first-order valence-electron chi connectivity index (χ1n) is 11.6. The fourth-order valence-electron chi connectivity index (χ4n) is 4.35. The minimum absolute atomic E-state index is 0.0437. The van der Waals surface area contributed by atoms with Crippen LogP contribution >= 0.6 is 15.9 Å². The summed E-state index contributed by atoms with van der Waals surface area (Å²) in [6.07, 6.45) is -3.51. The molecule has 7 nitrogen and oxygen atoms in total. The maximum atomic E-state index is 13.9. The first-order chi connectivity index (χ1) is 17.7. The number of ether oxygens (including phenoxy) is 1. The van der Waals surface area contributed by atoms with Crippen molar-refractivity contribution in [3.63, 3.8) is 0 Å². The van der Waals surface area contributed by atoms with Crippen LogP contribution in [0.25, 0.3) is 16.9 Å². The van der Waals surface area contributed by atoms with Crippen LogP contribution in [-0.2, 0) is 12.7 Å². The number of fused-ring (bicyclic) bond motifs is 1. The third-order valence-electron chi connectivity index (χ3n) is 6.36. The molecule has 0 N–H and O–H groups in total. The van der Waals surface area contributed by atoms with Crippen molar-refractivity contribution >= 4 is 27.5 Å². The zero-order chi connectivity index (χ0) is 26.2. The highest BCUT2D eigenvalue weighted by molar-refractivity contribution is 9.10. The Morgan fingerprint density at radius 3 is 2.32 bits per heavy atom. The van der Waals surface area contributed by atoms with Gasteiger partial charge in [-0.3, -0.25) is 9.69 Å². The molecule has 11 heteroatoms. The molecule has 2 aromatic heterocycles. The van der Waals surface area contributed by atoms with Gasteiger partial charge in [0.15, 0.2) is 11.3 Å². The van der Waals surface area contributed by atoms with Gasteiger partial charge < -0.3 is 9.64 Å². The van der Waals surface area contributed by atoms with Crippen molar-refractivity contribution in [1.82, 2.24) is 24.4 Å². The monoisotopic (exact) mass is 573 g/mol. The van der Waals surface area contributed by atoms with Gasteiger partial charge >= 0.3 is 6.18 Å². The second-order valence-electron chi connectivity index (χ2n) is 8.74. The number of nitrogens with zero attached hydrogens (tertiary/aromatic N) is 5. The van der Waals surface area contributed by atoms with E-state index in [4.69, 9.17) is 4.74 Å². The zero-order valence-electron chi connectivity index (χ0n) is 19.9. The van der Waals surface area contributed by atoms with Crippen molar-refractivity contribution in [2.24, 2.45) is 0 Å². The summed E-state index contributed by atoms with van der Waals surface area (Å²) in [5.41, 5.74) is 0.652. The first kappa shape index (κ1) is 25.2. The number of rotatable bonds is 5. The topological polar surface area (TPSA) is 63.0 Å². The van der Waals surface area contributed by atoms with E-state index in [1.54, 1.807) is 29.2 Å². The molecule has 192 valence electrons. The molecular formula is C26H23BrF3N5O2. The molecule has 1 aliphatic heterocycles. The van der Waals surface area contributed by atoms with Crippen LogP contribution in [0.2, 0.25) is 0 Å². The predicted octanol–water partition coefficient (Wildman–Crippen LogP) is 5.14. The number of alkyl halides is 3. The van der Waals surface area contributed by atoms with Crippen LogP contribution in [0, 0.1) is 0 Å². The van der Waals surface area contributed by atoms with E-state index in [0.717, 1.165) is 17.1 Å². The number of methoxy groups -OCH3 is 1. The Kier molecular flexibility index (Phi) is 6.91. The van der Waals surface area contributed by atoms with Crippen molar-refractivity contribution in [3.05, 3.63) is 82.1 Å². The fraction of sp³-hybridized carbons (Fsp3) is 0.269. The summed E-state index contributed by atoms with van der Waals surface area (Å²) in [5.74, 6) is 0.186. The fourth-order valence-corrected chi connectivity index (χ4v) is 4.62. The van der Waals surface area contributed by atoms with Crippen LogP contribution in [0.1, 0.15) is 21.6 Å². The Bertz CT molecular complexity index is 1410. The lowest BCUT2D eigenvalue weighted by Crippen LogP contribution is -2.48. The van der Waals surface area contributed by atoms with Gasteiger partial charge in [0.2, 0.25) is 0 Å². The number of piperazine rings is 1. The highest BCUT2D eigenvalue weighted by Crippen LogP contribution is 2.33. The molecule has 4 aromatic rings. The van der Waals surface area contributed by atoms with E-state index in [-0.39, 0.29) is 22.8 Å². The summed E-state index contributed by atoms with van der Waals surface area (Å²) in [7, 11) is 1.51. The molecule has 0 saturated carbocycles. The van der Waals surface area contributed by atoms with Gasteiger partial charge in [0.1, 0.15) is 11.3 Å². The molecule has 0 atom stereocenters. The van der Waals surface area contributed by atoms with E-state index >= 15 is 0 Å². The summed E-state index contributed by atoms with van der Waals surface area (Å²) in [5, 5.41) is 3.89. The Morgan fingerprint density at radius 2 is 1.70 bits per heavy atom. The Labute approximate surface area is 219 Å². The molecule has 1 aliphatic rings. The van der Waals surface area contributed by atoms with Crippen LogP contribution in [0.4, 0.5) is 13.2 Å². The Balaban J connectivity index is 1.40. The Hall–Kier alpha value is -3.44. The summed E-state index contributed by atoms with van der Waals surface area (Å²) < 4.78 is 48.6. The van der Waals surface area contributed by atoms with E-state index in [1.807, 2.05) is 24.3 Å². The minimum Gasteiger partial charge on any atom is -0.497 e. The number of hydrogen-bond donors (Lipinski definition) is 0. The van der Waals surface area contributed by atoms with Gasteiger partial charge in [0.25, 0.3) is 5.91 Å². The molecule has 0 radical (unpaired) electrons. The van der Waals surface area contributed by atoms with Crippen LogP contribution < -0.4 is 4.74 Å². The van der Waals surface area contributed by atoms with Crippen molar-refractivity contribution in [2.75, 3.05) is 33.3 Å². The standard InChI is InChI=1S/C26H23BrF3N5O2/c1-37-20-8-4-18(5-9-20)22-14-23(26(28,29)30)35-24(32-22)21(15-31-35)25(36)34-12-10-33(11-13-34)16-17-2-6-19(27)7-3-17/h2-9,14-15H,10-13,16H2,1H3. The molecule has 1 saturated heterocycles. The summed E-state index contributed by atoms with van der Waals surface area (Å²) in [6.45, 7) is 2.97. The third kappa shape index (κ3) is 5.33. The van der Waals surface area contributed by atoms with Crippen molar-refractivity contribution in [3.8, 4) is 17.0 Å². The lowest BCUT2D eigenvalue weighted by atomic mass is 10.1. The minimum atomic E-state index is -4.69. The summed E-state index contributed by atoms with van der Waals surface area (Å²) in [4.78, 5) is 21.7. The summed E-state index contributed by atoms with van der Waals surface area (Å²) >= 11 is 3.43. The van der Waals surface area contributed by atoms with E-state index in [9.17, 15) is 18.0 Å². The van der Waals surface area contributed by atoms with Crippen molar-refractivity contribution < 1.29 is 22.7 Å². The molecule has 0 aliphatic carbocycles. The maximum absolute atomic E-state index is 13.9. The van der Waals surface area contributed by atoms with Crippen LogP contribution in [-0.4, -0.2) is 63.6 Å².